The first-order valence-corrected chi connectivity index (χ1v) is 5.53. The van der Waals surface area contributed by atoms with Crippen LogP contribution in [-0.2, 0) is 0 Å². The number of aromatic amines is 1. The highest BCUT2D eigenvalue weighted by molar-refractivity contribution is 5.48. The van der Waals surface area contributed by atoms with Crippen molar-refractivity contribution >= 4 is 5.82 Å². The van der Waals surface area contributed by atoms with Gasteiger partial charge in [-0.2, -0.15) is 5.26 Å². The van der Waals surface area contributed by atoms with Crippen molar-refractivity contribution in [1.82, 2.24) is 0 Å². The van der Waals surface area contributed by atoms with Gasteiger partial charge in [0, 0.05) is 0 Å². The first-order valence-electron chi connectivity index (χ1n) is 5.53. The summed E-state index contributed by atoms with van der Waals surface area (Å²) < 4.78 is 0. The largest absolute Gasteiger partial charge is 0.290 e. The topological polar surface area (TPSA) is 50.0 Å². The third-order valence-electron chi connectivity index (χ3n) is 2.64. The highest BCUT2D eigenvalue weighted by atomic mass is 15.0. The molecule has 0 unspecified atom stereocenters. The lowest BCUT2D eigenvalue weighted by molar-refractivity contribution is -0.361. The third-order valence-corrected chi connectivity index (χ3v) is 2.64. The highest BCUT2D eigenvalue weighted by Crippen LogP contribution is 2.17. The molecular weight excluding hydrogens is 210 g/mol. The minimum atomic E-state index is 0.155. The smallest absolute Gasteiger partial charge is 0.267 e. The van der Waals surface area contributed by atoms with Crippen molar-refractivity contribution in [1.29, 1.82) is 5.26 Å². The minimum absolute atomic E-state index is 0.155. The summed E-state index contributed by atoms with van der Waals surface area (Å²) in [6.45, 7) is 2.07. The van der Waals surface area contributed by atoms with Gasteiger partial charge in [0.25, 0.3) is 5.82 Å². The van der Waals surface area contributed by atoms with E-state index in [9.17, 15) is 0 Å². The van der Waals surface area contributed by atoms with Crippen LogP contribution in [-0.4, -0.2) is 0 Å². The maximum atomic E-state index is 8.99. The zero-order valence-electron chi connectivity index (χ0n) is 9.64. The number of hydrogen-bond acceptors (Lipinski definition) is 2. The standard InChI is InChI=1S/C14H13N3/c1-11(12-6-3-2-4-7-12)17-14-13(10-15)8-5-9-16-14/h2-9,11H,1H3,(H,16,17)/p+1/t11-/m0/s1. The van der Waals surface area contributed by atoms with Crippen LogP contribution in [0, 0.1) is 11.3 Å². The van der Waals surface area contributed by atoms with Crippen LogP contribution in [0.4, 0.5) is 5.82 Å². The molecule has 1 heterocycles. The lowest BCUT2D eigenvalue weighted by Crippen LogP contribution is -2.17. The van der Waals surface area contributed by atoms with E-state index in [0.717, 1.165) is 5.82 Å². The zero-order valence-corrected chi connectivity index (χ0v) is 9.64. The molecule has 2 aromatic rings. The Hall–Kier alpha value is -2.34. The summed E-state index contributed by atoms with van der Waals surface area (Å²) in [5, 5.41) is 12.3. The first-order chi connectivity index (χ1) is 8.31. The van der Waals surface area contributed by atoms with Gasteiger partial charge in [-0.25, -0.2) is 4.98 Å². The Morgan fingerprint density at radius 2 is 1.94 bits per heavy atom. The van der Waals surface area contributed by atoms with Crippen LogP contribution in [0.25, 0.3) is 0 Å². The summed E-state index contributed by atoms with van der Waals surface area (Å²) in [4.78, 5) is 3.05. The molecule has 84 valence electrons. The molecule has 3 nitrogen and oxygen atoms in total. The quantitative estimate of drug-likeness (QED) is 0.871. The Morgan fingerprint density at radius 1 is 1.18 bits per heavy atom. The number of aromatic nitrogens is 1. The molecule has 0 aliphatic heterocycles. The van der Waals surface area contributed by atoms with Gasteiger partial charge in [-0.1, -0.05) is 30.3 Å². The van der Waals surface area contributed by atoms with Crippen LogP contribution in [0.5, 0.6) is 0 Å². The zero-order chi connectivity index (χ0) is 12.1. The van der Waals surface area contributed by atoms with E-state index in [1.54, 1.807) is 12.3 Å². The van der Waals surface area contributed by atoms with Crippen molar-refractivity contribution in [3.63, 3.8) is 0 Å². The maximum absolute atomic E-state index is 8.99. The Balaban J connectivity index is 2.19. The predicted octanol–water partition coefficient (Wildman–Crippen LogP) is 2.55. The van der Waals surface area contributed by atoms with E-state index in [1.165, 1.54) is 5.56 Å². The van der Waals surface area contributed by atoms with Gasteiger partial charge >= 0.3 is 0 Å². The van der Waals surface area contributed by atoms with Gasteiger partial charge in [0.05, 0.1) is 6.20 Å². The summed E-state index contributed by atoms with van der Waals surface area (Å²) >= 11 is 0. The number of H-pyrrole nitrogens is 1. The number of hydrogen-bond donors (Lipinski definition) is 1. The number of pyridine rings is 1. The molecule has 0 saturated carbocycles. The average Bonchev–Trinajstić information content (AvgIpc) is 2.40. The molecular formula is C14H14N3+. The van der Waals surface area contributed by atoms with Crippen LogP contribution >= 0.6 is 0 Å². The normalized spacial score (nSPS) is 11.5. The molecule has 0 aliphatic rings. The lowest BCUT2D eigenvalue weighted by atomic mass is 10.1. The lowest BCUT2D eigenvalue weighted by Gasteiger charge is -2.09. The van der Waals surface area contributed by atoms with E-state index in [-0.39, 0.29) is 6.04 Å². The minimum Gasteiger partial charge on any atom is -0.267 e. The number of nitrogens with one attached hydrogen (secondary N) is 2. The van der Waals surface area contributed by atoms with Crippen molar-refractivity contribution in [2.75, 3.05) is 5.32 Å². The Labute approximate surface area is 101 Å². The average molecular weight is 224 g/mol. The van der Waals surface area contributed by atoms with Gasteiger partial charge in [-0.3, -0.25) is 5.32 Å². The van der Waals surface area contributed by atoms with E-state index in [1.807, 2.05) is 24.3 Å². The Morgan fingerprint density at radius 3 is 2.65 bits per heavy atom. The Bertz CT molecular complexity index is 529. The molecule has 0 aliphatic carbocycles. The van der Waals surface area contributed by atoms with Crippen LogP contribution < -0.4 is 10.3 Å². The molecule has 3 heteroatoms. The Kier molecular flexibility index (Phi) is 3.37. The van der Waals surface area contributed by atoms with Crippen LogP contribution in [0.15, 0.2) is 48.7 Å². The van der Waals surface area contributed by atoms with E-state index in [2.05, 4.69) is 35.4 Å². The summed E-state index contributed by atoms with van der Waals surface area (Å²) in [5.41, 5.74) is 1.81. The van der Waals surface area contributed by atoms with E-state index in [0.29, 0.717) is 5.56 Å². The first kappa shape index (κ1) is 11.2. The van der Waals surface area contributed by atoms with Crippen molar-refractivity contribution in [3.8, 4) is 6.07 Å². The van der Waals surface area contributed by atoms with Crippen molar-refractivity contribution in [3.05, 3.63) is 59.8 Å². The second-order valence-electron chi connectivity index (χ2n) is 3.85. The van der Waals surface area contributed by atoms with E-state index < -0.39 is 0 Å². The van der Waals surface area contributed by atoms with Gasteiger partial charge < -0.3 is 0 Å². The van der Waals surface area contributed by atoms with Crippen LogP contribution in [0.3, 0.4) is 0 Å². The van der Waals surface area contributed by atoms with Gasteiger partial charge in [-0.05, 0) is 24.6 Å². The molecule has 0 saturated heterocycles. The molecule has 17 heavy (non-hydrogen) atoms. The number of nitriles is 1. The summed E-state index contributed by atoms with van der Waals surface area (Å²) in [7, 11) is 0. The predicted molar refractivity (Wildman–Crippen MR) is 66.2 cm³/mol. The summed E-state index contributed by atoms with van der Waals surface area (Å²) in [6, 6.07) is 16.0. The molecule has 0 amide bonds. The van der Waals surface area contributed by atoms with Gasteiger partial charge in [0.2, 0.25) is 0 Å². The number of rotatable bonds is 3. The van der Waals surface area contributed by atoms with Crippen molar-refractivity contribution < 1.29 is 4.98 Å². The van der Waals surface area contributed by atoms with Gasteiger partial charge in [-0.15, -0.1) is 0 Å². The highest BCUT2D eigenvalue weighted by Gasteiger charge is 2.14. The van der Waals surface area contributed by atoms with Gasteiger partial charge in [0.1, 0.15) is 17.7 Å². The van der Waals surface area contributed by atoms with Gasteiger partial charge in [0.15, 0.2) is 0 Å². The van der Waals surface area contributed by atoms with Crippen molar-refractivity contribution in [2.24, 2.45) is 0 Å². The fraction of sp³-hybridized carbons (Fsp3) is 0.143. The SMILES string of the molecule is C[C@H](Nc1[nH+]cccc1C#N)c1ccccc1. The number of benzene rings is 1. The molecule has 0 fully saturated rings. The summed E-state index contributed by atoms with van der Waals surface area (Å²) in [6.07, 6.45) is 1.81. The molecule has 2 rings (SSSR count). The molecule has 0 radical (unpaired) electrons. The van der Waals surface area contributed by atoms with Crippen molar-refractivity contribution in [2.45, 2.75) is 13.0 Å². The van der Waals surface area contributed by atoms with E-state index in [4.69, 9.17) is 5.26 Å². The second kappa shape index (κ2) is 5.13. The molecule has 0 spiro atoms. The molecule has 1 aromatic heterocycles. The fourth-order valence-electron chi connectivity index (χ4n) is 1.69. The maximum Gasteiger partial charge on any atom is 0.290 e. The number of nitrogens with zero attached hydrogens (tertiary/aromatic N) is 1. The van der Waals surface area contributed by atoms with Crippen LogP contribution in [0.1, 0.15) is 24.1 Å². The molecule has 2 N–H and O–H groups in total. The monoisotopic (exact) mass is 224 g/mol. The van der Waals surface area contributed by atoms with Crippen LogP contribution in [0.2, 0.25) is 0 Å². The fourth-order valence-corrected chi connectivity index (χ4v) is 1.69. The molecule has 0 bridgehead atoms. The molecule has 1 aromatic carbocycles. The number of anilines is 1. The third kappa shape index (κ3) is 2.61. The molecule has 1 atom stereocenters. The summed E-state index contributed by atoms with van der Waals surface area (Å²) in [5.74, 6) is 0.756. The van der Waals surface area contributed by atoms with E-state index >= 15 is 0 Å². The second-order valence-corrected chi connectivity index (χ2v) is 3.85.